The van der Waals surface area contributed by atoms with Crippen molar-refractivity contribution in [1.29, 1.82) is 0 Å². The number of nitrogens with one attached hydrogen (secondary N) is 1. The summed E-state index contributed by atoms with van der Waals surface area (Å²) in [7, 11) is 0. The molecule has 28 heavy (non-hydrogen) atoms. The van der Waals surface area contributed by atoms with Gasteiger partial charge in [-0.05, 0) is 70.9 Å². The molecule has 0 atom stereocenters. The molecular formula is C22H29BrN2O3. The van der Waals surface area contributed by atoms with Crippen molar-refractivity contribution in [2.75, 3.05) is 25.1 Å². The Morgan fingerprint density at radius 3 is 2.75 bits per heavy atom. The molecular weight excluding hydrogens is 420 g/mol. The highest BCUT2D eigenvalue weighted by atomic mass is 79.9. The van der Waals surface area contributed by atoms with Crippen molar-refractivity contribution < 1.29 is 14.3 Å². The van der Waals surface area contributed by atoms with Gasteiger partial charge in [0, 0.05) is 12.7 Å². The summed E-state index contributed by atoms with van der Waals surface area (Å²) in [6.45, 7) is 7.83. The molecule has 0 aliphatic heterocycles. The summed E-state index contributed by atoms with van der Waals surface area (Å²) < 4.78 is 11.9. The SMILES string of the molecule is CCOC(=O)CC(C)(C)Cc1ccc(OCCCNc2ccccn2)c(Br)c1. The van der Waals surface area contributed by atoms with Gasteiger partial charge >= 0.3 is 5.97 Å². The van der Waals surface area contributed by atoms with E-state index in [2.05, 4.69) is 52.2 Å². The Bertz CT molecular complexity index is 751. The minimum absolute atomic E-state index is 0.147. The molecule has 0 aliphatic carbocycles. The lowest BCUT2D eigenvalue weighted by Crippen LogP contribution is -2.21. The van der Waals surface area contributed by atoms with E-state index < -0.39 is 0 Å². The topological polar surface area (TPSA) is 60.5 Å². The fourth-order valence-electron chi connectivity index (χ4n) is 2.93. The second kappa shape index (κ2) is 11.1. The summed E-state index contributed by atoms with van der Waals surface area (Å²) in [5.41, 5.74) is 0.996. The standard InChI is InChI=1S/C22H29BrN2O3/c1-4-27-21(26)16-22(2,3)15-17-9-10-19(18(23)14-17)28-13-7-12-25-20-8-5-6-11-24-20/h5-6,8-11,14H,4,7,12-13,15-16H2,1-3H3,(H,24,25). The molecule has 1 aromatic carbocycles. The minimum Gasteiger partial charge on any atom is -0.492 e. The lowest BCUT2D eigenvalue weighted by atomic mass is 9.83. The number of carbonyl (C=O) groups is 1. The van der Waals surface area contributed by atoms with Crippen LogP contribution in [0.2, 0.25) is 0 Å². The molecule has 2 aromatic rings. The lowest BCUT2D eigenvalue weighted by molar-refractivity contribution is -0.145. The van der Waals surface area contributed by atoms with Crippen LogP contribution in [0.15, 0.2) is 47.1 Å². The molecule has 2 rings (SSSR count). The largest absolute Gasteiger partial charge is 0.492 e. The van der Waals surface area contributed by atoms with Gasteiger partial charge < -0.3 is 14.8 Å². The van der Waals surface area contributed by atoms with E-state index in [0.29, 0.717) is 19.6 Å². The molecule has 0 bridgehead atoms. The third kappa shape index (κ3) is 7.89. The van der Waals surface area contributed by atoms with Crippen LogP contribution in [0.3, 0.4) is 0 Å². The summed E-state index contributed by atoms with van der Waals surface area (Å²) in [5, 5.41) is 3.26. The van der Waals surface area contributed by atoms with Gasteiger partial charge in [-0.3, -0.25) is 4.79 Å². The summed E-state index contributed by atoms with van der Waals surface area (Å²) in [6, 6.07) is 11.9. The Labute approximate surface area is 176 Å². The third-order valence-electron chi connectivity index (χ3n) is 4.16. The first-order valence-corrected chi connectivity index (χ1v) is 10.4. The number of rotatable bonds is 11. The first-order chi connectivity index (χ1) is 13.4. The molecule has 0 unspecified atom stereocenters. The highest BCUT2D eigenvalue weighted by Crippen LogP contribution is 2.31. The molecule has 1 aromatic heterocycles. The number of benzene rings is 1. The van der Waals surface area contributed by atoms with E-state index in [4.69, 9.17) is 9.47 Å². The van der Waals surface area contributed by atoms with Crippen LogP contribution in [-0.4, -0.2) is 30.7 Å². The molecule has 0 fully saturated rings. The number of hydrogen-bond donors (Lipinski definition) is 1. The molecule has 0 saturated carbocycles. The van der Waals surface area contributed by atoms with Crippen molar-refractivity contribution in [2.45, 2.75) is 40.0 Å². The maximum Gasteiger partial charge on any atom is 0.306 e. The molecule has 1 heterocycles. The lowest BCUT2D eigenvalue weighted by Gasteiger charge is -2.24. The van der Waals surface area contributed by atoms with E-state index in [1.54, 1.807) is 6.20 Å². The van der Waals surface area contributed by atoms with Gasteiger partial charge in [0.1, 0.15) is 11.6 Å². The maximum absolute atomic E-state index is 11.8. The monoisotopic (exact) mass is 448 g/mol. The maximum atomic E-state index is 11.8. The number of nitrogens with zero attached hydrogens (tertiary/aromatic N) is 1. The van der Waals surface area contributed by atoms with Crippen molar-refractivity contribution in [3.8, 4) is 5.75 Å². The third-order valence-corrected chi connectivity index (χ3v) is 4.78. The van der Waals surface area contributed by atoms with Gasteiger partial charge in [-0.1, -0.05) is 26.0 Å². The molecule has 0 saturated heterocycles. The number of hydrogen-bond acceptors (Lipinski definition) is 5. The highest BCUT2D eigenvalue weighted by molar-refractivity contribution is 9.10. The number of anilines is 1. The molecule has 0 radical (unpaired) electrons. The molecule has 6 heteroatoms. The van der Waals surface area contributed by atoms with Crippen LogP contribution in [0.5, 0.6) is 5.75 Å². The van der Waals surface area contributed by atoms with E-state index >= 15 is 0 Å². The van der Waals surface area contributed by atoms with E-state index in [-0.39, 0.29) is 11.4 Å². The predicted molar refractivity (Wildman–Crippen MR) is 116 cm³/mol. The van der Waals surface area contributed by atoms with Crippen molar-refractivity contribution in [3.63, 3.8) is 0 Å². The van der Waals surface area contributed by atoms with Crippen LogP contribution in [0.25, 0.3) is 0 Å². The summed E-state index contributed by atoms with van der Waals surface area (Å²) in [4.78, 5) is 16.0. The van der Waals surface area contributed by atoms with Crippen LogP contribution in [0, 0.1) is 5.41 Å². The second-order valence-corrected chi connectivity index (χ2v) is 8.29. The average molecular weight is 449 g/mol. The average Bonchev–Trinajstić information content (AvgIpc) is 2.63. The van der Waals surface area contributed by atoms with E-state index in [1.165, 1.54) is 0 Å². The molecule has 5 nitrogen and oxygen atoms in total. The van der Waals surface area contributed by atoms with Gasteiger partial charge in [-0.15, -0.1) is 0 Å². The zero-order valence-electron chi connectivity index (χ0n) is 16.8. The Hall–Kier alpha value is -2.08. The zero-order valence-corrected chi connectivity index (χ0v) is 18.4. The van der Waals surface area contributed by atoms with Gasteiger partial charge in [0.15, 0.2) is 0 Å². The Balaban J connectivity index is 1.78. The van der Waals surface area contributed by atoms with Gasteiger partial charge in [-0.2, -0.15) is 0 Å². The summed E-state index contributed by atoms with van der Waals surface area (Å²) in [6.07, 6.45) is 3.83. The van der Waals surface area contributed by atoms with Gasteiger partial charge in [-0.25, -0.2) is 4.98 Å². The van der Waals surface area contributed by atoms with E-state index in [1.807, 2.05) is 31.2 Å². The van der Waals surface area contributed by atoms with Crippen LogP contribution in [0.4, 0.5) is 5.82 Å². The van der Waals surface area contributed by atoms with Gasteiger partial charge in [0.2, 0.25) is 0 Å². The second-order valence-electron chi connectivity index (χ2n) is 7.43. The minimum atomic E-state index is -0.161. The van der Waals surface area contributed by atoms with Crippen molar-refractivity contribution in [3.05, 3.63) is 52.6 Å². The predicted octanol–water partition coefficient (Wildman–Crippen LogP) is 5.25. The molecule has 1 N–H and O–H groups in total. The Kier molecular flexibility index (Phi) is 8.77. The summed E-state index contributed by atoms with van der Waals surface area (Å²) >= 11 is 3.59. The van der Waals surface area contributed by atoms with Crippen LogP contribution in [0.1, 0.15) is 39.2 Å². The number of pyridine rings is 1. The Morgan fingerprint density at radius 2 is 2.07 bits per heavy atom. The quantitative estimate of drug-likeness (QED) is 0.375. The smallest absolute Gasteiger partial charge is 0.306 e. The number of halogens is 1. The van der Waals surface area contributed by atoms with Crippen molar-refractivity contribution in [2.24, 2.45) is 5.41 Å². The fourth-order valence-corrected chi connectivity index (χ4v) is 3.47. The van der Waals surface area contributed by atoms with Gasteiger partial charge in [0.25, 0.3) is 0 Å². The highest BCUT2D eigenvalue weighted by Gasteiger charge is 2.23. The number of esters is 1. The van der Waals surface area contributed by atoms with E-state index in [9.17, 15) is 4.79 Å². The fraction of sp³-hybridized carbons (Fsp3) is 0.455. The van der Waals surface area contributed by atoms with Crippen LogP contribution in [-0.2, 0) is 16.0 Å². The molecule has 0 aliphatic rings. The van der Waals surface area contributed by atoms with Crippen molar-refractivity contribution in [1.82, 2.24) is 4.98 Å². The molecule has 152 valence electrons. The summed E-state index contributed by atoms with van der Waals surface area (Å²) in [5.74, 6) is 1.55. The van der Waals surface area contributed by atoms with Crippen molar-refractivity contribution >= 4 is 27.7 Å². The number of aromatic nitrogens is 1. The molecule has 0 spiro atoms. The van der Waals surface area contributed by atoms with Crippen LogP contribution < -0.4 is 10.1 Å². The first kappa shape index (κ1) is 22.2. The Morgan fingerprint density at radius 1 is 1.25 bits per heavy atom. The normalized spacial score (nSPS) is 11.1. The van der Waals surface area contributed by atoms with E-state index in [0.717, 1.165) is 41.0 Å². The number of carbonyl (C=O) groups excluding carboxylic acids is 1. The zero-order chi connectivity index (χ0) is 20.4. The van der Waals surface area contributed by atoms with Gasteiger partial charge in [0.05, 0.1) is 24.1 Å². The first-order valence-electron chi connectivity index (χ1n) is 9.61. The number of ether oxygens (including phenoxy) is 2. The molecule has 0 amide bonds. The van der Waals surface area contributed by atoms with Crippen LogP contribution >= 0.6 is 15.9 Å².